The van der Waals surface area contributed by atoms with Crippen LogP contribution in [-0.4, -0.2) is 22.8 Å². The van der Waals surface area contributed by atoms with Crippen LogP contribution in [0.4, 0.5) is 0 Å². The summed E-state index contributed by atoms with van der Waals surface area (Å²) < 4.78 is 1.72. The Bertz CT molecular complexity index is 557. The van der Waals surface area contributed by atoms with Crippen molar-refractivity contribution < 1.29 is 4.79 Å². The van der Waals surface area contributed by atoms with E-state index in [-0.39, 0.29) is 5.91 Å². The zero-order chi connectivity index (χ0) is 13.1. The van der Waals surface area contributed by atoms with Gasteiger partial charge in [0, 0.05) is 21.4 Å². The van der Waals surface area contributed by atoms with Crippen molar-refractivity contribution in [1.29, 1.82) is 0 Å². The van der Waals surface area contributed by atoms with Gasteiger partial charge in [-0.2, -0.15) is 0 Å². The number of carbonyl (C=O) groups is 1. The van der Waals surface area contributed by atoms with Crippen molar-refractivity contribution >= 4 is 49.1 Å². The van der Waals surface area contributed by atoms with Gasteiger partial charge in [0.05, 0.1) is 23.3 Å². The zero-order valence-corrected chi connectivity index (χ0v) is 13.5. The number of carbonyl (C=O) groups excluding carboxylic acids is 1. The van der Waals surface area contributed by atoms with Gasteiger partial charge in [-0.05, 0) is 34.1 Å². The summed E-state index contributed by atoms with van der Waals surface area (Å²) in [5, 5.41) is 1.94. The van der Waals surface area contributed by atoms with Crippen LogP contribution in [0.3, 0.4) is 0 Å². The first kappa shape index (κ1) is 13.7. The Balaban J connectivity index is 2.15. The molecule has 0 saturated carbocycles. The van der Waals surface area contributed by atoms with Crippen molar-refractivity contribution in [2.45, 2.75) is 6.54 Å². The van der Waals surface area contributed by atoms with Gasteiger partial charge in [0.25, 0.3) is 5.91 Å². The molecule has 0 aliphatic carbocycles. The quantitative estimate of drug-likeness (QED) is 0.796. The number of amides is 1. The molecule has 18 heavy (non-hydrogen) atoms. The largest absolute Gasteiger partial charge is 0.336 e. The molecule has 0 N–H and O–H groups in total. The van der Waals surface area contributed by atoms with Crippen molar-refractivity contribution in [3.63, 3.8) is 0 Å². The maximum Gasteiger partial charge on any atom is 0.255 e. The minimum absolute atomic E-state index is 0.0256. The van der Waals surface area contributed by atoms with Crippen LogP contribution in [0.15, 0.2) is 38.0 Å². The standard InChI is InChI=1S/C12H10Br2N2OS/c1-16(5-9-6-18-7-15-9)12(17)10-3-2-8(13)4-11(10)14/h2-4,6-7H,5H2,1H3. The number of hydrogen-bond donors (Lipinski definition) is 0. The monoisotopic (exact) mass is 388 g/mol. The molecule has 0 unspecified atom stereocenters. The van der Waals surface area contributed by atoms with Gasteiger partial charge in [0.15, 0.2) is 0 Å². The molecule has 0 radical (unpaired) electrons. The molecule has 0 aliphatic rings. The molecule has 0 aliphatic heterocycles. The van der Waals surface area contributed by atoms with Gasteiger partial charge >= 0.3 is 0 Å². The fourth-order valence-corrected chi connectivity index (χ4v) is 3.27. The Morgan fingerprint density at radius 2 is 2.22 bits per heavy atom. The minimum atomic E-state index is -0.0256. The van der Waals surface area contributed by atoms with Crippen molar-refractivity contribution in [1.82, 2.24) is 9.88 Å². The molecular weight excluding hydrogens is 380 g/mol. The summed E-state index contributed by atoms with van der Waals surface area (Å²) in [6.07, 6.45) is 0. The zero-order valence-electron chi connectivity index (χ0n) is 9.56. The van der Waals surface area contributed by atoms with Crippen LogP contribution in [-0.2, 0) is 6.54 Å². The molecule has 0 saturated heterocycles. The van der Waals surface area contributed by atoms with E-state index in [4.69, 9.17) is 0 Å². The highest BCUT2D eigenvalue weighted by atomic mass is 79.9. The summed E-state index contributed by atoms with van der Waals surface area (Å²) in [6, 6.07) is 5.52. The van der Waals surface area contributed by atoms with Crippen molar-refractivity contribution in [3.8, 4) is 0 Å². The lowest BCUT2D eigenvalue weighted by Crippen LogP contribution is -2.26. The molecule has 2 aromatic rings. The number of thiazole rings is 1. The smallest absolute Gasteiger partial charge is 0.255 e. The topological polar surface area (TPSA) is 33.2 Å². The first-order chi connectivity index (χ1) is 8.58. The molecule has 6 heteroatoms. The second kappa shape index (κ2) is 5.95. The first-order valence-electron chi connectivity index (χ1n) is 5.15. The van der Waals surface area contributed by atoms with Crippen molar-refractivity contribution in [2.75, 3.05) is 7.05 Å². The lowest BCUT2D eigenvalue weighted by molar-refractivity contribution is 0.0782. The third-order valence-electron chi connectivity index (χ3n) is 2.39. The van der Waals surface area contributed by atoms with E-state index in [1.165, 1.54) is 11.3 Å². The molecule has 0 atom stereocenters. The Kier molecular flexibility index (Phi) is 4.53. The number of nitrogens with zero attached hydrogens (tertiary/aromatic N) is 2. The van der Waals surface area contributed by atoms with Gasteiger partial charge in [0.2, 0.25) is 0 Å². The fraction of sp³-hybridized carbons (Fsp3) is 0.167. The Labute approximate surface area is 126 Å². The van der Waals surface area contributed by atoms with Gasteiger partial charge in [-0.15, -0.1) is 11.3 Å². The molecule has 0 bridgehead atoms. The van der Waals surface area contributed by atoms with Crippen LogP contribution in [0.25, 0.3) is 0 Å². The number of rotatable bonds is 3. The number of halogens is 2. The highest BCUT2D eigenvalue weighted by molar-refractivity contribution is 9.11. The van der Waals surface area contributed by atoms with Crippen molar-refractivity contribution in [2.24, 2.45) is 0 Å². The summed E-state index contributed by atoms with van der Waals surface area (Å²) in [5.74, 6) is -0.0256. The van der Waals surface area contributed by atoms with Gasteiger partial charge in [-0.1, -0.05) is 15.9 Å². The second-order valence-corrected chi connectivity index (χ2v) is 6.25. The number of hydrogen-bond acceptors (Lipinski definition) is 3. The van der Waals surface area contributed by atoms with E-state index in [0.29, 0.717) is 12.1 Å². The average molecular weight is 390 g/mol. The summed E-state index contributed by atoms with van der Waals surface area (Å²) in [4.78, 5) is 18.1. The van der Waals surface area contributed by atoms with E-state index in [9.17, 15) is 4.79 Å². The van der Waals surface area contributed by atoms with E-state index < -0.39 is 0 Å². The predicted octanol–water partition coefficient (Wildman–Crippen LogP) is 3.94. The Hall–Kier alpha value is -0.720. The molecule has 94 valence electrons. The van der Waals surface area contributed by atoms with Crippen LogP contribution in [0.5, 0.6) is 0 Å². The molecule has 0 spiro atoms. The lowest BCUT2D eigenvalue weighted by Gasteiger charge is -2.16. The Morgan fingerprint density at radius 1 is 1.44 bits per heavy atom. The fourth-order valence-electron chi connectivity index (χ4n) is 1.50. The normalized spacial score (nSPS) is 10.4. The third kappa shape index (κ3) is 3.18. The van der Waals surface area contributed by atoms with Crippen LogP contribution in [0, 0.1) is 0 Å². The van der Waals surface area contributed by atoms with Crippen LogP contribution in [0.1, 0.15) is 16.1 Å². The first-order valence-corrected chi connectivity index (χ1v) is 7.68. The van der Waals surface area contributed by atoms with Crippen LogP contribution < -0.4 is 0 Å². The van der Waals surface area contributed by atoms with Crippen LogP contribution in [0.2, 0.25) is 0 Å². The molecule has 0 fully saturated rings. The predicted molar refractivity (Wildman–Crippen MR) is 79.8 cm³/mol. The van der Waals surface area contributed by atoms with Crippen LogP contribution >= 0.6 is 43.2 Å². The molecule has 1 amide bonds. The lowest BCUT2D eigenvalue weighted by atomic mass is 10.2. The number of aromatic nitrogens is 1. The highest BCUT2D eigenvalue weighted by Gasteiger charge is 2.15. The van der Waals surface area contributed by atoms with Gasteiger partial charge < -0.3 is 4.90 Å². The third-order valence-corrected chi connectivity index (χ3v) is 4.18. The van der Waals surface area contributed by atoms with Crippen molar-refractivity contribution in [3.05, 3.63) is 49.3 Å². The minimum Gasteiger partial charge on any atom is -0.336 e. The molecule has 1 heterocycles. The maximum absolute atomic E-state index is 12.3. The van der Waals surface area contributed by atoms with E-state index in [1.807, 2.05) is 17.5 Å². The van der Waals surface area contributed by atoms with E-state index in [2.05, 4.69) is 36.8 Å². The SMILES string of the molecule is CN(Cc1cscn1)C(=O)c1ccc(Br)cc1Br. The second-order valence-electron chi connectivity index (χ2n) is 3.77. The summed E-state index contributed by atoms with van der Waals surface area (Å²) in [5.41, 5.74) is 3.32. The van der Waals surface area contributed by atoms with Gasteiger partial charge in [0.1, 0.15) is 0 Å². The summed E-state index contributed by atoms with van der Waals surface area (Å²) in [6.45, 7) is 0.519. The Morgan fingerprint density at radius 3 is 2.83 bits per heavy atom. The van der Waals surface area contributed by atoms with Gasteiger partial charge in [-0.3, -0.25) is 4.79 Å². The van der Waals surface area contributed by atoms with E-state index in [1.54, 1.807) is 23.5 Å². The molecule has 1 aromatic heterocycles. The number of benzene rings is 1. The molecule has 2 rings (SSSR count). The molecule has 1 aromatic carbocycles. The average Bonchev–Trinajstić information content (AvgIpc) is 2.81. The highest BCUT2D eigenvalue weighted by Crippen LogP contribution is 2.23. The maximum atomic E-state index is 12.3. The molecular formula is C12H10Br2N2OS. The summed E-state index contributed by atoms with van der Waals surface area (Å²) >= 11 is 8.30. The van der Waals surface area contributed by atoms with E-state index >= 15 is 0 Å². The van der Waals surface area contributed by atoms with E-state index in [0.717, 1.165) is 14.6 Å². The molecule has 3 nitrogen and oxygen atoms in total. The van der Waals surface area contributed by atoms with Gasteiger partial charge in [-0.25, -0.2) is 4.98 Å². The summed E-state index contributed by atoms with van der Waals surface area (Å²) in [7, 11) is 1.77.